The maximum Gasteiger partial charge on any atom is 0.228 e. The molecule has 0 atom stereocenters. The summed E-state index contributed by atoms with van der Waals surface area (Å²) in [4.78, 5) is 10.6. The fourth-order valence-electron chi connectivity index (χ4n) is 3.22. The lowest BCUT2D eigenvalue weighted by Gasteiger charge is -2.19. The summed E-state index contributed by atoms with van der Waals surface area (Å²) in [6.07, 6.45) is 6.04. The second kappa shape index (κ2) is 9.33. The molecule has 0 unspecified atom stereocenters. The van der Waals surface area contributed by atoms with E-state index in [1.165, 1.54) is 5.56 Å². The number of pyridine rings is 1. The Balaban J connectivity index is 1.84. The number of nitrogens with zero attached hydrogens (tertiary/aromatic N) is 4. The molecule has 2 heterocycles. The molecule has 0 aliphatic carbocycles. The third kappa shape index (κ3) is 5.31. The summed E-state index contributed by atoms with van der Waals surface area (Å²) >= 11 is 0. The van der Waals surface area contributed by atoms with Gasteiger partial charge in [-0.1, -0.05) is 36.4 Å². The summed E-state index contributed by atoms with van der Waals surface area (Å²) in [6, 6.07) is 14.0. The summed E-state index contributed by atoms with van der Waals surface area (Å²) in [6.45, 7) is 5.29. The predicted molar refractivity (Wildman–Crippen MR) is 114 cm³/mol. The second-order valence-electron chi connectivity index (χ2n) is 7.55. The van der Waals surface area contributed by atoms with E-state index in [1.54, 1.807) is 26.2 Å². The lowest BCUT2D eigenvalue weighted by atomic mass is 10.1. The van der Waals surface area contributed by atoms with Crippen LogP contribution in [0.1, 0.15) is 30.7 Å². The van der Waals surface area contributed by atoms with Gasteiger partial charge >= 0.3 is 0 Å². The maximum atomic E-state index is 12.8. The van der Waals surface area contributed by atoms with Crippen molar-refractivity contribution in [2.75, 3.05) is 7.05 Å². The molecule has 0 spiro atoms. The smallest absolute Gasteiger partial charge is 0.228 e. The number of benzene rings is 1. The minimum atomic E-state index is -3.46. The SMILES string of the molecule is CC(C)S(=O)(=O)c1ncc(CN(C)Cc2cccnc2)n1CCc1ccccc1. The summed E-state index contributed by atoms with van der Waals surface area (Å²) in [7, 11) is -1.45. The zero-order valence-electron chi connectivity index (χ0n) is 17.2. The van der Waals surface area contributed by atoms with Crippen LogP contribution in [-0.4, -0.2) is 40.2 Å². The van der Waals surface area contributed by atoms with Gasteiger partial charge in [0, 0.05) is 32.0 Å². The molecule has 0 aliphatic heterocycles. The van der Waals surface area contributed by atoms with Crippen molar-refractivity contribution < 1.29 is 8.42 Å². The number of rotatable bonds is 9. The van der Waals surface area contributed by atoms with Crippen molar-refractivity contribution in [3.8, 4) is 0 Å². The molecule has 0 saturated heterocycles. The molecular weight excluding hydrogens is 384 g/mol. The van der Waals surface area contributed by atoms with Crippen LogP contribution in [0.3, 0.4) is 0 Å². The Labute approximate surface area is 173 Å². The molecule has 0 N–H and O–H groups in total. The normalized spacial score (nSPS) is 12.0. The number of aromatic nitrogens is 3. The quantitative estimate of drug-likeness (QED) is 0.539. The highest BCUT2D eigenvalue weighted by molar-refractivity contribution is 7.91. The first-order valence-corrected chi connectivity index (χ1v) is 11.3. The van der Waals surface area contributed by atoms with Crippen molar-refractivity contribution in [2.45, 2.75) is 50.3 Å². The number of hydrogen-bond acceptors (Lipinski definition) is 5. The van der Waals surface area contributed by atoms with Crippen LogP contribution in [0, 0.1) is 0 Å². The topological polar surface area (TPSA) is 68.1 Å². The van der Waals surface area contributed by atoms with Crippen molar-refractivity contribution in [3.63, 3.8) is 0 Å². The van der Waals surface area contributed by atoms with Crippen molar-refractivity contribution >= 4 is 9.84 Å². The minimum absolute atomic E-state index is 0.160. The Bertz CT molecular complexity index is 1020. The van der Waals surface area contributed by atoms with Gasteiger partial charge in [0.2, 0.25) is 15.0 Å². The van der Waals surface area contributed by atoms with Gasteiger partial charge in [-0.25, -0.2) is 13.4 Å². The Morgan fingerprint density at radius 1 is 1.00 bits per heavy atom. The average molecular weight is 413 g/mol. The van der Waals surface area contributed by atoms with Crippen LogP contribution < -0.4 is 0 Å². The van der Waals surface area contributed by atoms with Crippen LogP contribution in [0.4, 0.5) is 0 Å². The lowest BCUT2D eigenvalue weighted by Crippen LogP contribution is -2.23. The second-order valence-corrected chi connectivity index (χ2v) is 9.94. The third-order valence-corrected chi connectivity index (χ3v) is 6.93. The monoisotopic (exact) mass is 412 g/mol. The van der Waals surface area contributed by atoms with E-state index in [4.69, 9.17) is 0 Å². The van der Waals surface area contributed by atoms with E-state index < -0.39 is 15.1 Å². The zero-order chi connectivity index (χ0) is 20.9. The standard InChI is InChI=1S/C22H28N4O2S/c1-18(2)29(27,28)22-24-15-21(17-25(3)16-20-10-7-12-23-14-20)26(22)13-11-19-8-5-4-6-9-19/h4-10,12,14-15,18H,11,13,16-17H2,1-3H3. The number of aryl methyl sites for hydroxylation is 1. The molecule has 7 heteroatoms. The van der Waals surface area contributed by atoms with Gasteiger partial charge in [0.1, 0.15) is 0 Å². The first-order valence-electron chi connectivity index (χ1n) is 9.77. The van der Waals surface area contributed by atoms with Gasteiger partial charge in [0.25, 0.3) is 0 Å². The van der Waals surface area contributed by atoms with E-state index in [1.807, 2.05) is 48.1 Å². The fourth-order valence-corrected chi connectivity index (χ4v) is 4.35. The van der Waals surface area contributed by atoms with Gasteiger partial charge < -0.3 is 4.57 Å². The van der Waals surface area contributed by atoms with E-state index in [0.29, 0.717) is 13.1 Å². The van der Waals surface area contributed by atoms with Crippen LogP contribution in [0.2, 0.25) is 0 Å². The molecule has 154 valence electrons. The van der Waals surface area contributed by atoms with Gasteiger partial charge in [-0.15, -0.1) is 0 Å². The van der Waals surface area contributed by atoms with Crippen LogP contribution in [-0.2, 0) is 35.9 Å². The lowest BCUT2D eigenvalue weighted by molar-refractivity contribution is 0.307. The van der Waals surface area contributed by atoms with E-state index in [0.717, 1.165) is 24.2 Å². The highest BCUT2D eigenvalue weighted by Crippen LogP contribution is 2.19. The number of imidazole rings is 1. The molecule has 3 aromatic rings. The molecule has 1 aromatic carbocycles. The molecular formula is C22H28N4O2S. The molecule has 29 heavy (non-hydrogen) atoms. The van der Waals surface area contributed by atoms with Crippen LogP contribution in [0.25, 0.3) is 0 Å². The molecule has 2 aromatic heterocycles. The Morgan fingerprint density at radius 3 is 2.38 bits per heavy atom. The molecule has 0 amide bonds. The van der Waals surface area contributed by atoms with Gasteiger partial charge in [-0.05, 0) is 44.5 Å². The molecule has 0 fully saturated rings. The fraction of sp³-hybridized carbons (Fsp3) is 0.364. The van der Waals surface area contributed by atoms with Gasteiger partial charge in [0.15, 0.2) is 0 Å². The van der Waals surface area contributed by atoms with E-state index in [2.05, 4.69) is 27.0 Å². The first kappa shape index (κ1) is 21.2. The van der Waals surface area contributed by atoms with Crippen molar-refractivity contribution in [3.05, 3.63) is 77.9 Å². The minimum Gasteiger partial charge on any atom is -0.317 e. The molecule has 0 saturated carbocycles. The van der Waals surface area contributed by atoms with E-state index in [-0.39, 0.29) is 5.16 Å². The maximum absolute atomic E-state index is 12.8. The predicted octanol–water partition coefficient (Wildman–Crippen LogP) is 3.33. The van der Waals surface area contributed by atoms with Crippen molar-refractivity contribution in [1.82, 2.24) is 19.4 Å². The Morgan fingerprint density at radius 2 is 1.72 bits per heavy atom. The number of sulfone groups is 1. The van der Waals surface area contributed by atoms with Crippen molar-refractivity contribution in [1.29, 1.82) is 0 Å². The average Bonchev–Trinajstić information content (AvgIpc) is 3.10. The van der Waals surface area contributed by atoms with E-state index in [9.17, 15) is 8.42 Å². The van der Waals surface area contributed by atoms with Crippen molar-refractivity contribution in [2.24, 2.45) is 0 Å². The van der Waals surface area contributed by atoms with Crippen LogP contribution in [0.5, 0.6) is 0 Å². The van der Waals surface area contributed by atoms with Crippen LogP contribution in [0.15, 0.2) is 66.2 Å². The molecule has 0 aliphatic rings. The molecule has 0 radical (unpaired) electrons. The van der Waals surface area contributed by atoms with Gasteiger partial charge in [-0.3, -0.25) is 9.88 Å². The van der Waals surface area contributed by atoms with Gasteiger partial charge in [0.05, 0.1) is 17.1 Å². The summed E-state index contributed by atoms with van der Waals surface area (Å²) < 4.78 is 27.6. The van der Waals surface area contributed by atoms with Gasteiger partial charge in [-0.2, -0.15) is 0 Å². The zero-order valence-corrected chi connectivity index (χ0v) is 18.0. The highest BCUT2D eigenvalue weighted by Gasteiger charge is 2.26. The summed E-state index contributed by atoms with van der Waals surface area (Å²) in [5.41, 5.74) is 3.18. The molecule has 0 bridgehead atoms. The highest BCUT2D eigenvalue weighted by atomic mass is 32.2. The molecule has 3 rings (SSSR count). The Kier molecular flexibility index (Phi) is 6.82. The first-order chi connectivity index (χ1) is 13.9. The Hall–Kier alpha value is -2.51. The van der Waals surface area contributed by atoms with Crippen LogP contribution >= 0.6 is 0 Å². The number of hydrogen-bond donors (Lipinski definition) is 0. The summed E-state index contributed by atoms with van der Waals surface area (Å²) in [5.74, 6) is 0. The van der Waals surface area contributed by atoms with E-state index >= 15 is 0 Å². The third-order valence-electron chi connectivity index (χ3n) is 4.85. The molecule has 6 nitrogen and oxygen atoms in total. The largest absolute Gasteiger partial charge is 0.317 e. The summed E-state index contributed by atoms with van der Waals surface area (Å²) in [5, 5.41) is -0.352.